The summed E-state index contributed by atoms with van der Waals surface area (Å²) in [6.45, 7) is 12.6. The third-order valence-electron chi connectivity index (χ3n) is 4.61. The number of aliphatic imine (C=N–C) groups is 1. The fraction of sp³-hybridized carbons (Fsp3) is 0.524. The van der Waals surface area contributed by atoms with Crippen LogP contribution in [0.4, 0.5) is 0 Å². The molecule has 0 spiro atoms. The number of hydrogen-bond donors (Lipinski definition) is 2. The highest BCUT2D eigenvalue weighted by Gasteiger charge is 2.18. The van der Waals surface area contributed by atoms with Crippen molar-refractivity contribution in [1.29, 1.82) is 0 Å². The van der Waals surface area contributed by atoms with Gasteiger partial charge >= 0.3 is 0 Å². The molecular weight excluding hydrogens is 338 g/mol. The van der Waals surface area contributed by atoms with E-state index >= 15 is 0 Å². The van der Waals surface area contributed by atoms with Crippen molar-refractivity contribution in [3.63, 3.8) is 0 Å². The number of likely N-dealkylation sites (N-methyl/N-ethyl adjacent to an activating group) is 1. The second kappa shape index (κ2) is 11.4. The molecule has 148 valence electrons. The van der Waals surface area contributed by atoms with Crippen molar-refractivity contribution < 1.29 is 4.52 Å². The minimum atomic E-state index is 0.294. The number of benzene rings is 1. The topological polar surface area (TPSA) is 65.7 Å². The van der Waals surface area contributed by atoms with E-state index in [2.05, 4.69) is 83.7 Å². The van der Waals surface area contributed by atoms with E-state index in [1.165, 1.54) is 5.56 Å². The quantitative estimate of drug-likeness (QED) is 0.495. The van der Waals surface area contributed by atoms with E-state index in [0.29, 0.717) is 12.6 Å². The van der Waals surface area contributed by atoms with Crippen LogP contribution < -0.4 is 10.6 Å². The maximum Gasteiger partial charge on any atom is 0.191 e. The Morgan fingerprint density at radius 1 is 1.11 bits per heavy atom. The van der Waals surface area contributed by atoms with Gasteiger partial charge in [-0.1, -0.05) is 56.3 Å². The standard InChI is InChI=1S/C21H33N5O/c1-5-18-14-19(27-25-18)15-23-21(22-6-2)24-16-20(26(7-3)8-4)17-12-10-9-11-13-17/h9-14,20H,5-8,15-16H2,1-4H3,(H2,22,23,24). The Labute approximate surface area is 163 Å². The Hall–Kier alpha value is -2.34. The predicted molar refractivity (Wildman–Crippen MR) is 111 cm³/mol. The second-order valence-electron chi connectivity index (χ2n) is 6.36. The summed E-state index contributed by atoms with van der Waals surface area (Å²) in [6.07, 6.45) is 0.869. The van der Waals surface area contributed by atoms with Gasteiger partial charge < -0.3 is 15.2 Å². The first-order valence-electron chi connectivity index (χ1n) is 9.97. The van der Waals surface area contributed by atoms with Crippen LogP contribution in [0.5, 0.6) is 0 Å². The number of guanidine groups is 1. The molecule has 6 heteroatoms. The number of hydrogen-bond acceptors (Lipinski definition) is 4. The molecule has 0 bridgehead atoms. The van der Waals surface area contributed by atoms with Crippen LogP contribution in [0.15, 0.2) is 45.9 Å². The van der Waals surface area contributed by atoms with Crippen molar-refractivity contribution in [2.24, 2.45) is 4.99 Å². The van der Waals surface area contributed by atoms with Gasteiger partial charge in [-0.2, -0.15) is 0 Å². The van der Waals surface area contributed by atoms with Gasteiger partial charge in [-0.15, -0.1) is 0 Å². The highest BCUT2D eigenvalue weighted by molar-refractivity contribution is 5.79. The molecule has 0 fully saturated rings. The maximum absolute atomic E-state index is 5.33. The van der Waals surface area contributed by atoms with Crippen LogP contribution in [0.1, 0.15) is 50.8 Å². The molecule has 6 nitrogen and oxygen atoms in total. The lowest BCUT2D eigenvalue weighted by Crippen LogP contribution is -2.43. The number of rotatable bonds is 10. The molecule has 1 atom stereocenters. The molecule has 0 aliphatic heterocycles. The number of aromatic nitrogens is 1. The van der Waals surface area contributed by atoms with E-state index in [0.717, 1.165) is 50.0 Å². The van der Waals surface area contributed by atoms with Gasteiger partial charge in [0, 0.05) is 19.2 Å². The van der Waals surface area contributed by atoms with E-state index in [1.54, 1.807) is 0 Å². The van der Waals surface area contributed by atoms with E-state index in [4.69, 9.17) is 4.52 Å². The molecule has 27 heavy (non-hydrogen) atoms. The van der Waals surface area contributed by atoms with Gasteiger partial charge in [0.25, 0.3) is 0 Å². The summed E-state index contributed by atoms with van der Waals surface area (Å²) in [5, 5.41) is 10.8. The van der Waals surface area contributed by atoms with Crippen molar-refractivity contribution in [3.8, 4) is 0 Å². The average Bonchev–Trinajstić information content (AvgIpc) is 3.18. The molecule has 0 saturated carbocycles. The summed E-state index contributed by atoms with van der Waals surface area (Å²) >= 11 is 0. The Morgan fingerprint density at radius 2 is 1.85 bits per heavy atom. The van der Waals surface area contributed by atoms with E-state index in [-0.39, 0.29) is 0 Å². The zero-order chi connectivity index (χ0) is 19.5. The summed E-state index contributed by atoms with van der Waals surface area (Å²) in [4.78, 5) is 7.10. The summed E-state index contributed by atoms with van der Waals surface area (Å²) in [5.41, 5.74) is 2.27. The molecule has 0 aliphatic carbocycles. The van der Waals surface area contributed by atoms with Gasteiger partial charge in [-0.3, -0.25) is 4.90 Å². The molecule has 1 heterocycles. The zero-order valence-electron chi connectivity index (χ0n) is 17.0. The first-order valence-corrected chi connectivity index (χ1v) is 9.97. The van der Waals surface area contributed by atoms with Gasteiger partial charge in [0.1, 0.15) is 6.54 Å². The molecule has 0 radical (unpaired) electrons. The lowest BCUT2D eigenvalue weighted by atomic mass is 10.1. The minimum Gasteiger partial charge on any atom is -0.359 e. The van der Waals surface area contributed by atoms with Crippen LogP contribution in [0.25, 0.3) is 0 Å². The van der Waals surface area contributed by atoms with Gasteiger partial charge in [-0.05, 0) is 32.0 Å². The third kappa shape index (κ3) is 6.40. The molecule has 1 aromatic heterocycles. The van der Waals surface area contributed by atoms with Crippen molar-refractivity contribution >= 4 is 5.96 Å². The van der Waals surface area contributed by atoms with Gasteiger partial charge in [-0.25, -0.2) is 4.99 Å². The summed E-state index contributed by atoms with van der Waals surface area (Å²) in [5.74, 6) is 1.58. The Balaban J connectivity index is 2.07. The fourth-order valence-corrected chi connectivity index (χ4v) is 3.09. The van der Waals surface area contributed by atoms with Crippen molar-refractivity contribution in [3.05, 3.63) is 53.4 Å². The first kappa shape index (κ1) is 21.0. The van der Waals surface area contributed by atoms with Gasteiger partial charge in [0.2, 0.25) is 0 Å². The molecule has 1 aromatic carbocycles. The molecule has 2 rings (SSSR count). The maximum atomic E-state index is 5.33. The van der Waals surface area contributed by atoms with Crippen molar-refractivity contribution in [1.82, 2.24) is 20.7 Å². The largest absolute Gasteiger partial charge is 0.359 e. The summed E-state index contributed by atoms with van der Waals surface area (Å²) in [6, 6.07) is 12.9. The Kier molecular flexibility index (Phi) is 8.84. The van der Waals surface area contributed by atoms with Crippen LogP contribution in [-0.4, -0.2) is 42.2 Å². The van der Waals surface area contributed by atoms with Crippen LogP contribution in [0.2, 0.25) is 0 Å². The first-order chi connectivity index (χ1) is 13.2. The molecule has 0 aliphatic rings. The van der Waals surface area contributed by atoms with Crippen LogP contribution in [-0.2, 0) is 13.0 Å². The van der Waals surface area contributed by atoms with Crippen LogP contribution in [0, 0.1) is 0 Å². The molecule has 0 amide bonds. The molecule has 1 unspecified atom stereocenters. The highest BCUT2D eigenvalue weighted by Crippen LogP contribution is 2.19. The van der Waals surface area contributed by atoms with Gasteiger partial charge in [0.15, 0.2) is 11.7 Å². The Bertz CT molecular complexity index is 679. The molecule has 2 aromatic rings. The van der Waals surface area contributed by atoms with Crippen molar-refractivity contribution in [2.45, 2.75) is 46.7 Å². The number of aryl methyl sites for hydroxylation is 1. The number of nitrogens with one attached hydrogen (secondary N) is 2. The van der Waals surface area contributed by atoms with Crippen LogP contribution >= 0.6 is 0 Å². The average molecular weight is 372 g/mol. The zero-order valence-corrected chi connectivity index (χ0v) is 17.0. The highest BCUT2D eigenvalue weighted by atomic mass is 16.5. The van der Waals surface area contributed by atoms with E-state index in [9.17, 15) is 0 Å². The fourth-order valence-electron chi connectivity index (χ4n) is 3.09. The summed E-state index contributed by atoms with van der Waals surface area (Å²) in [7, 11) is 0. The second-order valence-corrected chi connectivity index (χ2v) is 6.36. The normalized spacial score (nSPS) is 13.0. The molecular formula is C21H33N5O. The van der Waals surface area contributed by atoms with E-state index in [1.807, 2.05) is 6.07 Å². The van der Waals surface area contributed by atoms with Gasteiger partial charge in [0.05, 0.1) is 11.7 Å². The SMILES string of the molecule is CCNC(=NCc1cc(CC)no1)NCC(c1ccccc1)N(CC)CC. The minimum absolute atomic E-state index is 0.294. The Morgan fingerprint density at radius 3 is 2.44 bits per heavy atom. The molecule has 2 N–H and O–H groups in total. The molecule has 0 saturated heterocycles. The summed E-state index contributed by atoms with van der Waals surface area (Å²) < 4.78 is 5.33. The van der Waals surface area contributed by atoms with Crippen LogP contribution in [0.3, 0.4) is 0 Å². The number of nitrogens with zero attached hydrogens (tertiary/aromatic N) is 3. The third-order valence-corrected chi connectivity index (χ3v) is 4.61. The smallest absolute Gasteiger partial charge is 0.191 e. The van der Waals surface area contributed by atoms with E-state index < -0.39 is 0 Å². The lowest BCUT2D eigenvalue weighted by Gasteiger charge is -2.30. The van der Waals surface area contributed by atoms with Crippen molar-refractivity contribution in [2.75, 3.05) is 26.2 Å². The predicted octanol–water partition coefficient (Wildman–Crippen LogP) is 3.38. The monoisotopic (exact) mass is 371 g/mol. The lowest BCUT2D eigenvalue weighted by molar-refractivity contribution is 0.219.